The molecule has 0 aliphatic heterocycles. The number of benzene rings is 1. The highest BCUT2D eigenvalue weighted by atomic mass is 16.1. The van der Waals surface area contributed by atoms with Gasteiger partial charge in [-0.2, -0.15) is 0 Å². The number of hydrogen-bond donors (Lipinski definition) is 2. The summed E-state index contributed by atoms with van der Waals surface area (Å²) in [6.07, 6.45) is 5.01. The molecule has 0 spiro atoms. The molecular weight excluding hydrogens is 344 g/mol. The standard InChI is InChI=1S/C19H16N6O2/c1-12(26)22-15-6-2-5-14(8-15)16-10-21-18-17(23-16)24-19(27)25(18)11-13-4-3-7-20-9-13/h2-10H,11H2,1H3,(H,22,26)(H,23,24,27). The van der Waals surface area contributed by atoms with E-state index in [-0.39, 0.29) is 11.6 Å². The summed E-state index contributed by atoms with van der Waals surface area (Å²) in [6.45, 7) is 1.81. The summed E-state index contributed by atoms with van der Waals surface area (Å²) in [5, 5.41) is 2.74. The second kappa shape index (κ2) is 6.83. The number of carbonyl (C=O) groups excluding carboxylic acids is 1. The van der Waals surface area contributed by atoms with Gasteiger partial charge in [0.2, 0.25) is 5.91 Å². The Labute approximate surface area is 153 Å². The van der Waals surface area contributed by atoms with Gasteiger partial charge in [0.05, 0.1) is 18.4 Å². The van der Waals surface area contributed by atoms with Gasteiger partial charge in [0.15, 0.2) is 11.3 Å². The Bertz CT molecular complexity index is 1180. The summed E-state index contributed by atoms with van der Waals surface area (Å²) < 4.78 is 1.52. The van der Waals surface area contributed by atoms with Gasteiger partial charge in [0, 0.05) is 30.6 Å². The van der Waals surface area contributed by atoms with E-state index in [4.69, 9.17) is 0 Å². The van der Waals surface area contributed by atoms with Crippen LogP contribution in [0.4, 0.5) is 5.69 Å². The van der Waals surface area contributed by atoms with E-state index in [9.17, 15) is 9.59 Å². The number of H-pyrrole nitrogens is 1. The first-order valence-corrected chi connectivity index (χ1v) is 8.32. The number of amides is 1. The zero-order valence-electron chi connectivity index (χ0n) is 14.5. The van der Waals surface area contributed by atoms with Gasteiger partial charge in [-0.3, -0.25) is 19.3 Å². The fraction of sp³-hybridized carbons (Fsp3) is 0.105. The Morgan fingerprint density at radius 1 is 1.22 bits per heavy atom. The Kier molecular flexibility index (Phi) is 4.21. The Balaban J connectivity index is 1.72. The van der Waals surface area contributed by atoms with E-state index in [2.05, 4.69) is 25.3 Å². The molecule has 3 heterocycles. The predicted octanol–water partition coefficient (Wildman–Crippen LogP) is 2.19. The third-order valence-corrected chi connectivity index (χ3v) is 4.02. The van der Waals surface area contributed by atoms with Crippen LogP contribution in [0, 0.1) is 0 Å². The molecule has 134 valence electrons. The molecule has 8 heteroatoms. The van der Waals surface area contributed by atoms with Crippen molar-refractivity contribution in [3.05, 3.63) is 71.0 Å². The molecule has 0 bridgehead atoms. The summed E-state index contributed by atoms with van der Waals surface area (Å²) in [4.78, 5) is 39.3. The maximum absolute atomic E-state index is 12.3. The fourth-order valence-electron chi connectivity index (χ4n) is 2.85. The summed E-state index contributed by atoms with van der Waals surface area (Å²) in [6, 6.07) is 11.0. The van der Waals surface area contributed by atoms with Gasteiger partial charge in [-0.1, -0.05) is 18.2 Å². The zero-order valence-corrected chi connectivity index (χ0v) is 14.5. The highest BCUT2D eigenvalue weighted by molar-refractivity contribution is 5.89. The van der Waals surface area contributed by atoms with Crippen LogP contribution in [0.5, 0.6) is 0 Å². The molecule has 3 aromatic heterocycles. The van der Waals surface area contributed by atoms with Crippen LogP contribution >= 0.6 is 0 Å². The minimum atomic E-state index is -0.280. The van der Waals surface area contributed by atoms with Crippen molar-refractivity contribution in [2.45, 2.75) is 13.5 Å². The molecular formula is C19H16N6O2. The quantitative estimate of drug-likeness (QED) is 0.580. The zero-order chi connectivity index (χ0) is 18.8. The smallest absolute Gasteiger partial charge is 0.326 e. The SMILES string of the molecule is CC(=O)Nc1cccc(-c2cnc3c(n2)[nH]c(=O)n3Cc2cccnc2)c1. The first-order valence-electron chi connectivity index (χ1n) is 8.32. The van der Waals surface area contributed by atoms with Gasteiger partial charge in [-0.25, -0.2) is 14.8 Å². The number of hydrogen-bond acceptors (Lipinski definition) is 5. The Hall–Kier alpha value is -3.81. The average Bonchev–Trinajstić information content (AvgIpc) is 2.97. The van der Waals surface area contributed by atoms with Crippen molar-refractivity contribution >= 4 is 22.9 Å². The van der Waals surface area contributed by atoms with E-state index in [1.165, 1.54) is 11.5 Å². The molecule has 1 amide bonds. The number of anilines is 1. The Morgan fingerprint density at radius 2 is 2.11 bits per heavy atom. The van der Waals surface area contributed by atoms with E-state index >= 15 is 0 Å². The molecule has 0 radical (unpaired) electrons. The van der Waals surface area contributed by atoms with Gasteiger partial charge in [-0.15, -0.1) is 0 Å². The lowest BCUT2D eigenvalue weighted by Crippen LogP contribution is -2.17. The van der Waals surface area contributed by atoms with Crippen LogP contribution in [0.25, 0.3) is 22.6 Å². The Morgan fingerprint density at radius 3 is 2.89 bits per heavy atom. The molecule has 1 aromatic carbocycles. The second-order valence-corrected chi connectivity index (χ2v) is 6.07. The molecule has 0 aliphatic rings. The summed E-state index contributed by atoms with van der Waals surface area (Å²) >= 11 is 0. The predicted molar refractivity (Wildman–Crippen MR) is 101 cm³/mol. The minimum Gasteiger partial charge on any atom is -0.326 e. The van der Waals surface area contributed by atoms with Crippen LogP contribution in [0.2, 0.25) is 0 Å². The maximum Gasteiger partial charge on any atom is 0.329 e. The molecule has 27 heavy (non-hydrogen) atoms. The van der Waals surface area contributed by atoms with Crippen LogP contribution in [0.3, 0.4) is 0 Å². The summed E-state index contributed by atoms with van der Waals surface area (Å²) in [5.41, 5.74) is 3.56. The number of rotatable bonds is 4. The van der Waals surface area contributed by atoms with Crippen LogP contribution in [-0.4, -0.2) is 30.4 Å². The highest BCUT2D eigenvalue weighted by Crippen LogP contribution is 2.21. The topological polar surface area (TPSA) is 106 Å². The van der Waals surface area contributed by atoms with Crippen molar-refractivity contribution in [2.75, 3.05) is 5.32 Å². The van der Waals surface area contributed by atoms with E-state index in [0.717, 1.165) is 11.1 Å². The van der Waals surface area contributed by atoms with Gasteiger partial charge < -0.3 is 5.32 Å². The van der Waals surface area contributed by atoms with Crippen LogP contribution in [-0.2, 0) is 11.3 Å². The number of carbonyl (C=O) groups is 1. The molecule has 2 N–H and O–H groups in total. The van der Waals surface area contributed by atoms with Crippen LogP contribution < -0.4 is 11.0 Å². The molecule has 0 saturated carbocycles. The molecule has 0 fully saturated rings. The van der Waals surface area contributed by atoms with Crippen molar-refractivity contribution in [3.63, 3.8) is 0 Å². The van der Waals surface area contributed by atoms with Crippen LogP contribution in [0.1, 0.15) is 12.5 Å². The first-order chi connectivity index (χ1) is 13.1. The third kappa shape index (κ3) is 3.45. The van der Waals surface area contributed by atoms with Gasteiger partial charge in [-0.05, 0) is 23.8 Å². The molecule has 0 saturated heterocycles. The summed E-state index contributed by atoms with van der Waals surface area (Å²) in [7, 11) is 0. The molecule has 4 rings (SSSR count). The molecule has 8 nitrogen and oxygen atoms in total. The lowest BCUT2D eigenvalue weighted by molar-refractivity contribution is -0.114. The second-order valence-electron chi connectivity index (χ2n) is 6.07. The number of nitrogens with zero attached hydrogens (tertiary/aromatic N) is 4. The largest absolute Gasteiger partial charge is 0.329 e. The molecule has 0 unspecified atom stereocenters. The number of aromatic nitrogens is 5. The van der Waals surface area contributed by atoms with Crippen molar-refractivity contribution in [1.82, 2.24) is 24.5 Å². The third-order valence-electron chi connectivity index (χ3n) is 4.02. The maximum atomic E-state index is 12.3. The number of fused-ring (bicyclic) bond motifs is 1. The minimum absolute atomic E-state index is 0.148. The lowest BCUT2D eigenvalue weighted by atomic mass is 10.1. The van der Waals surface area contributed by atoms with E-state index in [1.54, 1.807) is 24.7 Å². The van der Waals surface area contributed by atoms with E-state index < -0.39 is 0 Å². The first kappa shape index (κ1) is 16.6. The summed E-state index contributed by atoms with van der Waals surface area (Å²) in [5.74, 6) is -0.148. The van der Waals surface area contributed by atoms with Gasteiger partial charge in [0.1, 0.15) is 0 Å². The van der Waals surface area contributed by atoms with Crippen molar-refractivity contribution in [2.24, 2.45) is 0 Å². The molecule has 0 atom stereocenters. The number of pyridine rings is 1. The molecule has 0 aliphatic carbocycles. The van der Waals surface area contributed by atoms with Crippen LogP contribution in [0.15, 0.2) is 59.8 Å². The monoisotopic (exact) mass is 360 g/mol. The number of aromatic amines is 1. The highest BCUT2D eigenvalue weighted by Gasteiger charge is 2.12. The van der Waals surface area contributed by atoms with Gasteiger partial charge in [0.25, 0.3) is 0 Å². The average molecular weight is 360 g/mol. The van der Waals surface area contributed by atoms with E-state index in [1.807, 2.05) is 30.3 Å². The fourth-order valence-corrected chi connectivity index (χ4v) is 2.85. The normalized spacial score (nSPS) is 10.9. The lowest BCUT2D eigenvalue weighted by Gasteiger charge is -2.06. The number of imidazole rings is 1. The van der Waals surface area contributed by atoms with Crippen molar-refractivity contribution in [1.29, 1.82) is 0 Å². The van der Waals surface area contributed by atoms with Gasteiger partial charge >= 0.3 is 5.69 Å². The van der Waals surface area contributed by atoms with Crippen molar-refractivity contribution in [3.8, 4) is 11.3 Å². The van der Waals surface area contributed by atoms with Crippen molar-refractivity contribution < 1.29 is 4.79 Å². The number of nitrogens with one attached hydrogen (secondary N) is 2. The van der Waals surface area contributed by atoms with E-state index in [0.29, 0.717) is 29.2 Å². The molecule has 4 aromatic rings.